The van der Waals surface area contributed by atoms with Gasteiger partial charge in [0.2, 0.25) is 0 Å². The average Bonchev–Trinajstić information content (AvgIpc) is 1.32. The van der Waals surface area contributed by atoms with Crippen LogP contribution >= 0.6 is 0 Å². The number of carbonyl (C=O) groups is 6. The molecule has 0 amide bonds. The average molecular weight is 1360 g/mol. The quantitative estimate of drug-likeness (QED) is 0.0219. The van der Waals surface area contributed by atoms with E-state index in [9.17, 15) is 48.9 Å². The van der Waals surface area contributed by atoms with Crippen LogP contribution in [0, 0.1) is 68.0 Å². The molecular weight excluding hydrogens is 1220 g/mol. The molecule has 18 atom stereocenters. The van der Waals surface area contributed by atoms with Gasteiger partial charge in [-0.2, -0.15) is 0 Å². The Balaban J connectivity index is 0.000000577. The lowest BCUT2D eigenvalue weighted by molar-refractivity contribution is -0.157. The van der Waals surface area contributed by atoms with Crippen molar-refractivity contribution in [3.05, 3.63) is 0 Å². The maximum Gasteiger partial charge on any atom is 0.373 e. The summed E-state index contributed by atoms with van der Waals surface area (Å²) >= 11 is 0. The van der Waals surface area contributed by atoms with Crippen LogP contribution in [0.4, 0.5) is 0 Å². The van der Waals surface area contributed by atoms with Gasteiger partial charge in [-0.1, -0.05) is 80.1 Å². The van der Waals surface area contributed by atoms with E-state index in [1.807, 2.05) is 83.1 Å². The highest BCUT2D eigenvalue weighted by molar-refractivity contribution is 6.46. The van der Waals surface area contributed by atoms with Gasteiger partial charge in [-0.3, -0.25) is 28.8 Å². The maximum atomic E-state index is 12.1. The van der Waals surface area contributed by atoms with Gasteiger partial charge in [-0.25, -0.2) is 0 Å². The minimum atomic E-state index is -0.526. The molecule has 26 heteroatoms. The number of ether oxygens (including phenoxy) is 6. The molecule has 0 bridgehead atoms. The van der Waals surface area contributed by atoms with Crippen LogP contribution in [0.2, 0.25) is 27.3 Å². The predicted octanol–water partition coefficient (Wildman–Crippen LogP) is 9.18. The maximum absolute atomic E-state index is 12.1. The monoisotopic (exact) mass is 1360 g/mol. The lowest BCUT2D eigenvalue weighted by atomic mass is 9.78. The number of rotatable bonds is 26. The molecule has 556 valence electrons. The standard InChI is InChI=1S/4C12H24BNO3.2C11H21NO2/c4*1-5-9-7-10(14-13(4)16)8-12(9,3)11(15)17-6-2;2*1-4-8-6-9(12)7-11(8,3)10(13)14-5-2/h4*9-10,14,16H,5-8H2,1-4H3;2*8-9H,4-7,12H2,1-3H3/t2*9-,10+,12+;2*9-,10+,12-;2*8-,9+,11?/m101010/s1. The first-order valence-electron chi connectivity index (χ1n) is 37.1. The summed E-state index contributed by atoms with van der Waals surface area (Å²) in [6.45, 7) is 45.1. The van der Waals surface area contributed by atoms with Crippen molar-refractivity contribution in [2.24, 2.45) is 79.5 Å². The second-order valence-corrected chi connectivity index (χ2v) is 29.8. The number of nitrogens with one attached hydrogen (secondary N) is 4. The summed E-state index contributed by atoms with van der Waals surface area (Å²) in [7, 11) is -2.10. The topological polar surface area (TPSA) is 339 Å². The number of hydrogen-bond acceptors (Lipinski definition) is 22. The van der Waals surface area contributed by atoms with E-state index in [1.54, 1.807) is 27.3 Å². The minimum absolute atomic E-state index is 0.0696. The van der Waals surface area contributed by atoms with Gasteiger partial charge in [0.1, 0.15) is 0 Å². The highest BCUT2D eigenvalue weighted by Gasteiger charge is 2.54. The Morgan fingerprint density at radius 1 is 0.312 bits per heavy atom. The van der Waals surface area contributed by atoms with Gasteiger partial charge in [0.05, 0.1) is 72.1 Å². The molecule has 0 saturated heterocycles. The summed E-state index contributed by atoms with van der Waals surface area (Å²) in [6.07, 6.45) is 16.0. The van der Waals surface area contributed by atoms with Gasteiger partial charge in [-0.05, 0) is 247 Å². The van der Waals surface area contributed by atoms with Crippen LogP contribution in [-0.2, 0) is 57.2 Å². The summed E-state index contributed by atoms with van der Waals surface area (Å²) < 4.78 is 31.0. The van der Waals surface area contributed by atoms with Crippen molar-refractivity contribution >= 4 is 64.0 Å². The largest absolute Gasteiger partial charge is 0.466 e. The second kappa shape index (κ2) is 42.8. The van der Waals surface area contributed by atoms with Gasteiger partial charge in [0, 0.05) is 12.1 Å². The molecule has 0 spiro atoms. The van der Waals surface area contributed by atoms with E-state index in [4.69, 9.17) is 39.9 Å². The molecule has 6 aliphatic rings. The SMILES string of the molecule is CCOC(=O)C1(C)C[C@@H](N)C[C@H]1CC.CCOC(=O)C1(C)C[C@H](N)C[C@@H]1CC.CCOC(=O)[C@@]1(C)C[C@@H](NB(C)O)C[C@H]1CC.CCOC(=O)[C@@]1(C)C[C@H](NB(C)O)C[C@@H]1CC.CCOC(=O)[C@]1(C)C[C@@H](NB(C)O)C[C@H]1CC.CCOC(=O)[C@]1(C)C[C@H](NB(C)O)C[C@@H]1CC. The molecule has 0 radical (unpaired) electrons. The Hall–Kier alpha value is -3.32. The Kier molecular flexibility index (Phi) is 40.5. The van der Waals surface area contributed by atoms with E-state index < -0.39 is 49.9 Å². The molecule has 22 nitrogen and oxygen atoms in total. The molecule has 0 aromatic carbocycles. The molecule has 6 rings (SSSR count). The van der Waals surface area contributed by atoms with Crippen molar-refractivity contribution in [3.8, 4) is 0 Å². The minimum Gasteiger partial charge on any atom is -0.466 e. The van der Waals surface area contributed by atoms with Gasteiger partial charge in [0.15, 0.2) is 0 Å². The zero-order valence-corrected chi connectivity index (χ0v) is 64.1. The van der Waals surface area contributed by atoms with Crippen LogP contribution in [0.15, 0.2) is 0 Å². The van der Waals surface area contributed by atoms with Crippen molar-refractivity contribution in [2.75, 3.05) is 39.6 Å². The Morgan fingerprint density at radius 3 is 0.594 bits per heavy atom. The summed E-state index contributed by atoms with van der Waals surface area (Å²) in [5.74, 6) is 1.57. The summed E-state index contributed by atoms with van der Waals surface area (Å²) in [5.41, 5.74) is 9.50. The third-order valence-electron chi connectivity index (χ3n) is 22.2. The van der Waals surface area contributed by atoms with E-state index in [0.29, 0.717) is 75.1 Å². The fraction of sp³-hybridized carbons (Fsp3) is 0.914. The summed E-state index contributed by atoms with van der Waals surface area (Å²) in [4.78, 5) is 71.8. The predicted molar refractivity (Wildman–Crippen MR) is 386 cm³/mol. The van der Waals surface area contributed by atoms with E-state index in [0.717, 1.165) is 116 Å². The van der Waals surface area contributed by atoms with Crippen LogP contribution in [0.25, 0.3) is 0 Å². The molecule has 6 saturated carbocycles. The first-order valence-corrected chi connectivity index (χ1v) is 37.1. The third kappa shape index (κ3) is 25.6. The Labute approximate surface area is 582 Å². The van der Waals surface area contributed by atoms with E-state index in [1.165, 1.54) is 0 Å². The van der Waals surface area contributed by atoms with Crippen LogP contribution in [0.3, 0.4) is 0 Å². The number of esters is 6. The molecule has 12 N–H and O–H groups in total. The normalized spacial score (nSPS) is 33.9. The molecule has 6 aliphatic carbocycles. The number of carbonyl (C=O) groups excluding carboxylic acids is 6. The van der Waals surface area contributed by atoms with Crippen molar-refractivity contribution in [2.45, 2.75) is 304 Å². The molecule has 6 fully saturated rings. The van der Waals surface area contributed by atoms with Crippen LogP contribution in [0.1, 0.15) is 240 Å². The zero-order valence-electron chi connectivity index (χ0n) is 64.1. The van der Waals surface area contributed by atoms with Gasteiger partial charge >= 0.3 is 64.0 Å². The molecule has 0 aromatic heterocycles. The molecule has 0 heterocycles. The molecular formula is C70H138B4N6O16. The number of hydrogen-bond donors (Lipinski definition) is 10. The fourth-order valence-electron chi connectivity index (χ4n) is 17.2. The first-order chi connectivity index (χ1) is 44.8. The van der Waals surface area contributed by atoms with E-state index in [2.05, 4.69) is 62.5 Å². The van der Waals surface area contributed by atoms with Crippen molar-refractivity contribution < 1.29 is 77.3 Å². The fourth-order valence-corrected chi connectivity index (χ4v) is 17.2. The van der Waals surface area contributed by atoms with E-state index >= 15 is 0 Å². The second-order valence-electron chi connectivity index (χ2n) is 29.8. The van der Waals surface area contributed by atoms with E-state index in [-0.39, 0.29) is 82.9 Å². The highest BCUT2D eigenvalue weighted by Crippen LogP contribution is 2.50. The van der Waals surface area contributed by atoms with Gasteiger partial charge in [0.25, 0.3) is 0 Å². The van der Waals surface area contributed by atoms with Crippen molar-refractivity contribution in [1.82, 2.24) is 20.9 Å². The van der Waals surface area contributed by atoms with Crippen LogP contribution in [-0.4, -0.2) is 160 Å². The van der Waals surface area contributed by atoms with Gasteiger partial charge in [-0.15, -0.1) is 0 Å². The number of nitrogens with two attached hydrogens (primary N) is 2. The van der Waals surface area contributed by atoms with Gasteiger partial charge < -0.3 is 80.9 Å². The first kappa shape index (κ1) is 90.7. The highest BCUT2D eigenvalue weighted by atomic mass is 16.6. The van der Waals surface area contributed by atoms with Crippen LogP contribution < -0.4 is 32.4 Å². The molecule has 0 aromatic rings. The van der Waals surface area contributed by atoms with Crippen molar-refractivity contribution in [3.63, 3.8) is 0 Å². The molecule has 2 unspecified atom stereocenters. The lowest BCUT2D eigenvalue weighted by Gasteiger charge is -2.28. The molecule has 0 aliphatic heterocycles. The third-order valence-corrected chi connectivity index (χ3v) is 22.2. The Bertz CT molecular complexity index is 2060. The summed E-state index contributed by atoms with van der Waals surface area (Å²) in [6, 6.07) is 1.14. The smallest absolute Gasteiger partial charge is 0.373 e. The van der Waals surface area contributed by atoms with Crippen molar-refractivity contribution in [1.29, 1.82) is 0 Å². The molecule has 96 heavy (non-hydrogen) atoms. The lowest BCUT2D eigenvalue weighted by Crippen LogP contribution is -2.40. The Morgan fingerprint density at radius 2 is 0.458 bits per heavy atom. The van der Waals surface area contributed by atoms with Crippen LogP contribution in [0.5, 0.6) is 0 Å². The zero-order chi connectivity index (χ0) is 73.7. The summed E-state index contributed by atoms with van der Waals surface area (Å²) in [5, 5.41) is 49.9.